The molecule has 0 aromatic heterocycles. The first kappa shape index (κ1) is 17.2. The Morgan fingerprint density at radius 2 is 1.86 bits per heavy atom. The Morgan fingerprint density at radius 1 is 1.14 bits per heavy atom. The van der Waals surface area contributed by atoms with Crippen molar-refractivity contribution in [3.05, 3.63) is 30.1 Å². The number of hydrogen-bond donors (Lipinski definition) is 2. The van der Waals surface area contributed by atoms with Gasteiger partial charge in [-0.3, -0.25) is 4.99 Å². The fourth-order valence-electron chi connectivity index (χ4n) is 1.61. The minimum atomic E-state index is -0.258. The Balaban J connectivity index is 2.07. The van der Waals surface area contributed by atoms with Crippen molar-refractivity contribution in [2.75, 3.05) is 40.0 Å². The Kier molecular flexibility index (Phi) is 8.95. The van der Waals surface area contributed by atoms with E-state index in [1.54, 1.807) is 19.2 Å². The lowest BCUT2D eigenvalue weighted by Crippen LogP contribution is -2.39. The topological polar surface area (TPSA) is 54.9 Å². The van der Waals surface area contributed by atoms with Gasteiger partial charge in [-0.15, -0.1) is 0 Å². The van der Waals surface area contributed by atoms with Gasteiger partial charge in [0.2, 0.25) is 0 Å². The maximum absolute atomic E-state index is 12.7. The average Bonchev–Trinajstić information content (AvgIpc) is 2.51. The fraction of sp³-hybridized carbons (Fsp3) is 0.533. The van der Waals surface area contributed by atoms with Crippen molar-refractivity contribution < 1.29 is 13.9 Å². The van der Waals surface area contributed by atoms with Gasteiger partial charge in [-0.1, -0.05) is 0 Å². The van der Waals surface area contributed by atoms with Gasteiger partial charge in [0.1, 0.15) is 11.6 Å². The summed E-state index contributed by atoms with van der Waals surface area (Å²) in [6, 6.07) is 6.02. The molecular weight excluding hydrogens is 273 g/mol. The summed E-state index contributed by atoms with van der Waals surface area (Å²) in [5.41, 5.74) is 0. The van der Waals surface area contributed by atoms with Crippen LogP contribution in [0.3, 0.4) is 0 Å². The van der Waals surface area contributed by atoms with E-state index in [4.69, 9.17) is 9.47 Å². The Morgan fingerprint density at radius 3 is 2.52 bits per heavy atom. The molecule has 0 aliphatic heterocycles. The molecule has 1 rings (SSSR count). The van der Waals surface area contributed by atoms with E-state index in [1.165, 1.54) is 12.1 Å². The van der Waals surface area contributed by atoms with Crippen molar-refractivity contribution in [3.8, 4) is 5.75 Å². The van der Waals surface area contributed by atoms with Crippen LogP contribution in [0.5, 0.6) is 5.75 Å². The molecule has 0 bridgehead atoms. The standard InChI is InChI=1S/C15H24FN3O2/c1-3-20-12-10-19-15(17-2)18-9-4-11-21-14-7-5-13(16)6-8-14/h5-8H,3-4,9-12H2,1-2H3,(H2,17,18,19). The highest BCUT2D eigenvalue weighted by atomic mass is 19.1. The van der Waals surface area contributed by atoms with Gasteiger partial charge in [0, 0.05) is 26.7 Å². The summed E-state index contributed by atoms with van der Waals surface area (Å²) in [7, 11) is 1.73. The highest BCUT2D eigenvalue weighted by Gasteiger charge is 1.97. The normalized spacial score (nSPS) is 11.3. The molecule has 0 aliphatic rings. The van der Waals surface area contributed by atoms with Crippen molar-refractivity contribution >= 4 is 5.96 Å². The van der Waals surface area contributed by atoms with E-state index >= 15 is 0 Å². The van der Waals surface area contributed by atoms with Crippen LogP contribution in [0, 0.1) is 5.82 Å². The minimum absolute atomic E-state index is 0.258. The predicted molar refractivity (Wildman–Crippen MR) is 82.4 cm³/mol. The second-order valence-corrected chi connectivity index (χ2v) is 4.28. The SMILES string of the molecule is CCOCCNC(=NC)NCCCOc1ccc(F)cc1. The molecule has 0 saturated carbocycles. The number of ether oxygens (including phenoxy) is 2. The van der Waals surface area contributed by atoms with Crippen molar-refractivity contribution in [1.29, 1.82) is 0 Å². The van der Waals surface area contributed by atoms with Gasteiger partial charge in [0.15, 0.2) is 5.96 Å². The number of nitrogens with zero attached hydrogens (tertiary/aromatic N) is 1. The molecule has 5 nitrogen and oxygen atoms in total. The van der Waals surface area contributed by atoms with Crippen LogP contribution in [0.2, 0.25) is 0 Å². The lowest BCUT2D eigenvalue weighted by molar-refractivity contribution is 0.152. The van der Waals surface area contributed by atoms with Crippen LogP contribution < -0.4 is 15.4 Å². The maximum atomic E-state index is 12.7. The van der Waals surface area contributed by atoms with E-state index < -0.39 is 0 Å². The number of aliphatic imine (C=N–C) groups is 1. The van der Waals surface area contributed by atoms with Crippen LogP contribution >= 0.6 is 0 Å². The molecule has 0 unspecified atom stereocenters. The van der Waals surface area contributed by atoms with Crippen molar-refractivity contribution in [3.63, 3.8) is 0 Å². The first-order valence-electron chi connectivity index (χ1n) is 7.17. The third kappa shape index (κ3) is 8.14. The molecule has 0 spiro atoms. The average molecular weight is 297 g/mol. The summed E-state index contributed by atoms with van der Waals surface area (Å²) in [6.07, 6.45) is 0.823. The van der Waals surface area contributed by atoms with Gasteiger partial charge < -0.3 is 20.1 Å². The van der Waals surface area contributed by atoms with Crippen LogP contribution in [0.4, 0.5) is 4.39 Å². The molecule has 118 valence electrons. The molecule has 6 heteroatoms. The van der Waals surface area contributed by atoms with Crippen LogP contribution in [-0.4, -0.2) is 45.9 Å². The first-order chi connectivity index (χ1) is 10.3. The van der Waals surface area contributed by atoms with E-state index in [2.05, 4.69) is 15.6 Å². The molecule has 0 aliphatic carbocycles. The molecule has 0 atom stereocenters. The molecule has 2 N–H and O–H groups in total. The molecule has 0 saturated heterocycles. The van der Waals surface area contributed by atoms with E-state index in [1.807, 2.05) is 6.92 Å². The molecule has 0 fully saturated rings. The van der Waals surface area contributed by atoms with Crippen LogP contribution in [0.1, 0.15) is 13.3 Å². The molecule has 0 radical (unpaired) electrons. The minimum Gasteiger partial charge on any atom is -0.494 e. The highest BCUT2D eigenvalue weighted by molar-refractivity contribution is 5.79. The summed E-state index contributed by atoms with van der Waals surface area (Å²) in [4.78, 5) is 4.11. The fourth-order valence-corrected chi connectivity index (χ4v) is 1.61. The number of benzene rings is 1. The molecule has 1 aromatic rings. The second kappa shape index (κ2) is 10.9. The molecule has 1 aromatic carbocycles. The number of rotatable bonds is 9. The number of guanidine groups is 1. The van der Waals surface area contributed by atoms with E-state index in [-0.39, 0.29) is 5.82 Å². The quantitative estimate of drug-likeness (QED) is 0.414. The zero-order valence-electron chi connectivity index (χ0n) is 12.7. The zero-order chi connectivity index (χ0) is 15.3. The maximum Gasteiger partial charge on any atom is 0.191 e. The van der Waals surface area contributed by atoms with Crippen LogP contribution in [0.15, 0.2) is 29.3 Å². The smallest absolute Gasteiger partial charge is 0.191 e. The Bertz CT molecular complexity index is 410. The van der Waals surface area contributed by atoms with E-state index in [0.29, 0.717) is 25.6 Å². The van der Waals surface area contributed by atoms with E-state index in [0.717, 1.165) is 25.5 Å². The summed E-state index contributed by atoms with van der Waals surface area (Å²) in [5.74, 6) is 1.16. The Labute approximate surface area is 125 Å². The highest BCUT2D eigenvalue weighted by Crippen LogP contribution is 2.10. The number of hydrogen-bond acceptors (Lipinski definition) is 3. The second-order valence-electron chi connectivity index (χ2n) is 4.28. The van der Waals surface area contributed by atoms with Gasteiger partial charge in [-0.25, -0.2) is 4.39 Å². The number of halogens is 1. The zero-order valence-corrected chi connectivity index (χ0v) is 12.7. The monoisotopic (exact) mass is 297 g/mol. The lowest BCUT2D eigenvalue weighted by Gasteiger charge is -2.12. The summed E-state index contributed by atoms with van der Waals surface area (Å²) < 4.78 is 23.5. The van der Waals surface area contributed by atoms with Crippen molar-refractivity contribution in [2.24, 2.45) is 4.99 Å². The van der Waals surface area contributed by atoms with E-state index in [9.17, 15) is 4.39 Å². The summed E-state index contributed by atoms with van der Waals surface area (Å²) in [5, 5.41) is 6.34. The lowest BCUT2D eigenvalue weighted by atomic mass is 10.3. The van der Waals surface area contributed by atoms with Gasteiger partial charge in [-0.2, -0.15) is 0 Å². The summed E-state index contributed by atoms with van der Waals surface area (Å²) >= 11 is 0. The van der Waals surface area contributed by atoms with Gasteiger partial charge in [0.25, 0.3) is 0 Å². The predicted octanol–water partition coefficient (Wildman–Crippen LogP) is 1.80. The van der Waals surface area contributed by atoms with Crippen LogP contribution in [0.25, 0.3) is 0 Å². The third-order valence-corrected chi connectivity index (χ3v) is 2.66. The first-order valence-corrected chi connectivity index (χ1v) is 7.17. The molecule has 0 heterocycles. The molecule has 0 amide bonds. The third-order valence-electron chi connectivity index (χ3n) is 2.66. The number of nitrogens with one attached hydrogen (secondary N) is 2. The van der Waals surface area contributed by atoms with Gasteiger partial charge >= 0.3 is 0 Å². The van der Waals surface area contributed by atoms with Crippen LogP contribution in [-0.2, 0) is 4.74 Å². The van der Waals surface area contributed by atoms with Gasteiger partial charge in [-0.05, 0) is 37.6 Å². The van der Waals surface area contributed by atoms with Crippen molar-refractivity contribution in [2.45, 2.75) is 13.3 Å². The largest absolute Gasteiger partial charge is 0.494 e. The van der Waals surface area contributed by atoms with Crippen molar-refractivity contribution in [1.82, 2.24) is 10.6 Å². The van der Waals surface area contributed by atoms with Gasteiger partial charge in [0.05, 0.1) is 13.2 Å². The molecular formula is C15H24FN3O2. The molecule has 21 heavy (non-hydrogen) atoms. The Hall–Kier alpha value is -1.82. The summed E-state index contributed by atoms with van der Waals surface area (Å²) in [6.45, 7) is 5.37.